The smallest absolute Gasteiger partial charge is 0.364 e. The Kier molecular flexibility index (Phi) is 3.26. The maximum atomic E-state index is 13.4. The van der Waals surface area contributed by atoms with Crippen molar-refractivity contribution in [3.8, 4) is 0 Å². The highest BCUT2D eigenvalue weighted by molar-refractivity contribution is 5.95. The van der Waals surface area contributed by atoms with Gasteiger partial charge in [-0.3, -0.25) is 9.20 Å². The van der Waals surface area contributed by atoms with E-state index in [4.69, 9.17) is 5.73 Å². The van der Waals surface area contributed by atoms with Crippen LogP contribution >= 0.6 is 0 Å². The van der Waals surface area contributed by atoms with Crippen LogP contribution < -0.4 is 5.73 Å². The van der Waals surface area contributed by atoms with Crippen LogP contribution in [0, 0.1) is 0 Å². The number of nitrogens with zero attached hydrogens (tertiary/aromatic N) is 2. The zero-order valence-corrected chi connectivity index (χ0v) is 11.5. The minimum absolute atomic E-state index is 0.0868. The number of benzene rings is 1. The fourth-order valence-electron chi connectivity index (χ4n) is 2.51. The number of nitrogens with two attached hydrogens (primary N) is 1. The summed E-state index contributed by atoms with van der Waals surface area (Å²) >= 11 is 0. The van der Waals surface area contributed by atoms with E-state index in [0.29, 0.717) is 6.07 Å². The summed E-state index contributed by atoms with van der Waals surface area (Å²) in [6, 6.07) is 5.85. The summed E-state index contributed by atoms with van der Waals surface area (Å²) in [4.78, 5) is 14.5. The van der Waals surface area contributed by atoms with Gasteiger partial charge in [0, 0.05) is 0 Å². The van der Waals surface area contributed by atoms with Crippen molar-refractivity contribution in [1.82, 2.24) is 9.38 Å². The Bertz CT molecular complexity index is 970. The first-order valence-electron chi connectivity index (χ1n) is 6.40. The van der Waals surface area contributed by atoms with Crippen LogP contribution in [0.4, 0.5) is 26.3 Å². The maximum Gasteiger partial charge on any atom is 0.434 e. The van der Waals surface area contributed by atoms with Gasteiger partial charge in [-0.25, -0.2) is 4.98 Å². The fourth-order valence-corrected chi connectivity index (χ4v) is 2.51. The van der Waals surface area contributed by atoms with E-state index in [0.717, 1.165) is 0 Å². The normalized spacial score (nSPS) is 12.9. The standard InChI is InChI=1S/C14H7F6N3O/c15-13(16,17)7-5-6-3-1-2-4-8(6)23-10(14(18,19)20)9(11(21)24)22-12(7)23/h1-5H,(H2,21,24). The summed E-state index contributed by atoms with van der Waals surface area (Å²) in [7, 11) is 0. The number of alkyl halides is 6. The van der Waals surface area contributed by atoms with Crippen molar-refractivity contribution < 1.29 is 31.1 Å². The van der Waals surface area contributed by atoms with Crippen LogP contribution in [-0.2, 0) is 12.4 Å². The molecule has 0 saturated heterocycles. The van der Waals surface area contributed by atoms with Gasteiger partial charge in [0.2, 0.25) is 0 Å². The lowest BCUT2D eigenvalue weighted by molar-refractivity contribution is -0.142. The zero-order chi connectivity index (χ0) is 17.9. The Hall–Kier alpha value is -2.78. The third-order valence-corrected chi connectivity index (χ3v) is 3.40. The minimum atomic E-state index is -5.13. The van der Waals surface area contributed by atoms with Gasteiger partial charge in [-0.1, -0.05) is 18.2 Å². The zero-order valence-electron chi connectivity index (χ0n) is 11.5. The largest absolute Gasteiger partial charge is 0.434 e. The average molecular weight is 347 g/mol. The van der Waals surface area contributed by atoms with Crippen LogP contribution in [0.15, 0.2) is 30.3 Å². The van der Waals surface area contributed by atoms with Crippen molar-refractivity contribution in [1.29, 1.82) is 0 Å². The van der Waals surface area contributed by atoms with Gasteiger partial charge in [-0.05, 0) is 17.5 Å². The lowest BCUT2D eigenvalue weighted by atomic mass is 10.1. The Morgan fingerprint density at radius 2 is 1.67 bits per heavy atom. The molecule has 1 amide bonds. The lowest BCUT2D eigenvalue weighted by Gasteiger charge is -2.13. The van der Waals surface area contributed by atoms with Crippen molar-refractivity contribution >= 4 is 22.5 Å². The highest BCUT2D eigenvalue weighted by atomic mass is 19.4. The summed E-state index contributed by atoms with van der Waals surface area (Å²) in [6.45, 7) is 0. The third-order valence-electron chi connectivity index (χ3n) is 3.40. The monoisotopic (exact) mass is 347 g/mol. The predicted octanol–water partition coefficient (Wildman–Crippen LogP) is 3.62. The highest BCUT2D eigenvalue weighted by Crippen LogP contribution is 2.39. The Balaban J connectivity index is 2.65. The molecule has 0 spiro atoms. The summed E-state index contributed by atoms with van der Waals surface area (Å²) in [5.41, 5.74) is -0.598. The van der Waals surface area contributed by atoms with Gasteiger partial charge in [0.1, 0.15) is 0 Å². The molecule has 0 aliphatic carbocycles. The van der Waals surface area contributed by atoms with Crippen LogP contribution in [0.25, 0.3) is 16.6 Å². The van der Waals surface area contributed by atoms with Crippen molar-refractivity contribution in [2.75, 3.05) is 0 Å². The number of hydrogen-bond acceptors (Lipinski definition) is 2. The first kappa shape index (κ1) is 16.1. The molecule has 24 heavy (non-hydrogen) atoms. The second-order valence-corrected chi connectivity index (χ2v) is 4.94. The van der Waals surface area contributed by atoms with Gasteiger partial charge in [-0.15, -0.1) is 0 Å². The summed E-state index contributed by atoms with van der Waals surface area (Å²) in [6.07, 6.45) is -10.1. The highest BCUT2D eigenvalue weighted by Gasteiger charge is 2.43. The van der Waals surface area contributed by atoms with Gasteiger partial charge in [-0.2, -0.15) is 26.3 Å². The summed E-state index contributed by atoms with van der Waals surface area (Å²) in [5.74, 6) is -1.57. The van der Waals surface area contributed by atoms with Crippen molar-refractivity contribution in [2.24, 2.45) is 5.73 Å². The second kappa shape index (κ2) is 4.86. The molecule has 2 N–H and O–H groups in total. The van der Waals surface area contributed by atoms with E-state index in [2.05, 4.69) is 4.98 Å². The van der Waals surface area contributed by atoms with Crippen molar-refractivity contribution in [3.05, 3.63) is 47.3 Å². The van der Waals surface area contributed by atoms with E-state index >= 15 is 0 Å². The van der Waals surface area contributed by atoms with Crippen LogP contribution in [0.3, 0.4) is 0 Å². The molecule has 0 fully saturated rings. The number of carbonyl (C=O) groups is 1. The average Bonchev–Trinajstić information content (AvgIpc) is 2.86. The van der Waals surface area contributed by atoms with Gasteiger partial charge in [0.05, 0.1) is 11.1 Å². The van der Waals surface area contributed by atoms with Crippen LogP contribution in [0.5, 0.6) is 0 Å². The van der Waals surface area contributed by atoms with Gasteiger partial charge in [0.25, 0.3) is 5.91 Å². The third kappa shape index (κ3) is 2.34. The van der Waals surface area contributed by atoms with Crippen molar-refractivity contribution in [2.45, 2.75) is 12.4 Å². The van der Waals surface area contributed by atoms with Crippen LogP contribution in [-0.4, -0.2) is 15.3 Å². The molecule has 126 valence electrons. The number of aromatic nitrogens is 2. The Morgan fingerprint density at radius 1 is 1.04 bits per heavy atom. The van der Waals surface area contributed by atoms with E-state index in [1.54, 1.807) is 0 Å². The number of hydrogen-bond donors (Lipinski definition) is 1. The topological polar surface area (TPSA) is 60.4 Å². The molecule has 0 unspecified atom stereocenters. The molecule has 3 rings (SSSR count). The fraction of sp³-hybridized carbons (Fsp3) is 0.143. The second-order valence-electron chi connectivity index (χ2n) is 4.94. The molecular formula is C14H7F6N3O. The number of imidazole rings is 1. The minimum Gasteiger partial charge on any atom is -0.364 e. The molecule has 2 heterocycles. The molecule has 0 aliphatic rings. The van der Waals surface area contributed by atoms with Gasteiger partial charge in [0.15, 0.2) is 17.0 Å². The van der Waals surface area contributed by atoms with Crippen molar-refractivity contribution in [3.63, 3.8) is 0 Å². The number of primary amides is 1. The number of carbonyl (C=O) groups excluding carboxylic acids is 1. The van der Waals surface area contributed by atoms with Crippen LogP contribution in [0.2, 0.25) is 0 Å². The number of fused-ring (bicyclic) bond motifs is 3. The van der Waals surface area contributed by atoms with E-state index in [9.17, 15) is 31.1 Å². The molecule has 0 radical (unpaired) electrons. The van der Waals surface area contributed by atoms with E-state index in [1.165, 1.54) is 24.3 Å². The predicted molar refractivity (Wildman–Crippen MR) is 71.2 cm³/mol. The molecule has 10 heteroatoms. The number of pyridine rings is 1. The first-order chi connectivity index (χ1) is 11.0. The van der Waals surface area contributed by atoms with Crippen LogP contribution in [0.1, 0.15) is 21.7 Å². The summed E-state index contributed by atoms with van der Waals surface area (Å²) in [5, 5.41) is -0.0868. The van der Waals surface area contributed by atoms with E-state index in [1.807, 2.05) is 0 Å². The van der Waals surface area contributed by atoms with E-state index in [-0.39, 0.29) is 15.3 Å². The Morgan fingerprint density at radius 3 is 2.21 bits per heavy atom. The molecule has 0 aliphatic heterocycles. The molecule has 0 saturated carbocycles. The number of amides is 1. The first-order valence-corrected chi connectivity index (χ1v) is 6.40. The van der Waals surface area contributed by atoms with Gasteiger partial charge < -0.3 is 5.73 Å². The van der Waals surface area contributed by atoms with E-state index < -0.39 is 40.9 Å². The Labute approximate surface area is 129 Å². The molecule has 0 bridgehead atoms. The summed E-state index contributed by atoms with van der Waals surface area (Å²) < 4.78 is 80.1. The van der Waals surface area contributed by atoms with Gasteiger partial charge >= 0.3 is 12.4 Å². The number of para-hydroxylation sites is 1. The molecular weight excluding hydrogens is 340 g/mol. The number of rotatable bonds is 1. The quantitative estimate of drug-likeness (QED) is 0.684. The lowest BCUT2D eigenvalue weighted by Crippen LogP contribution is -2.20. The molecule has 2 aromatic heterocycles. The molecule has 3 aromatic rings. The maximum absolute atomic E-state index is 13.4. The molecule has 4 nitrogen and oxygen atoms in total. The SMILES string of the molecule is NC(=O)c1nc2c(C(F)(F)F)cc3ccccc3n2c1C(F)(F)F. The molecule has 0 atom stereocenters. The number of halogens is 6. The molecule has 1 aromatic carbocycles.